The zero-order valence-corrected chi connectivity index (χ0v) is 12.0. The Balaban J connectivity index is 3.32. The molecule has 1 aliphatic rings. The Morgan fingerprint density at radius 1 is 1.04 bits per heavy atom. The van der Waals surface area contributed by atoms with Gasteiger partial charge in [0.15, 0.2) is 0 Å². The standard InChI is InChI=1S/C10H12F6O6S/c11-9(12,13)8(10(14,15)16,23(19,20)21)7(18)22-6-3-1-2-5(17)4-6/h5-6,17H,1-4H2,(H,19,20,21). The van der Waals surface area contributed by atoms with E-state index < -0.39 is 51.8 Å². The van der Waals surface area contributed by atoms with Gasteiger partial charge in [-0.1, -0.05) is 0 Å². The molecule has 0 heterocycles. The number of hydrogen-bond donors (Lipinski definition) is 2. The number of hydrogen-bond acceptors (Lipinski definition) is 5. The molecule has 13 heteroatoms. The van der Waals surface area contributed by atoms with Crippen LogP contribution in [0, 0.1) is 0 Å². The molecule has 0 spiro atoms. The Morgan fingerprint density at radius 2 is 1.52 bits per heavy atom. The molecule has 2 unspecified atom stereocenters. The molecule has 0 radical (unpaired) electrons. The molecule has 1 aliphatic carbocycles. The molecule has 0 aromatic carbocycles. The molecule has 0 aromatic rings. The lowest BCUT2D eigenvalue weighted by molar-refractivity contribution is -0.270. The lowest BCUT2D eigenvalue weighted by Gasteiger charge is -2.34. The van der Waals surface area contributed by atoms with E-state index in [-0.39, 0.29) is 19.3 Å². The molecule has 2 N–H and O–H groups in total. The first-order valence-electron chi connectivity index (χ1n) is 6.14. The smallest absolute Gasteiger partial charge is 0.430 e. The molecule has 23 heavy (non-hydrogen) atoms. The van der Waals surface area contributed by atoms with Crippen molar-refractivity contribution in [2.45, 2.75) is 55.0 Å². The summed E-state index contributed by atoms with van der Waals surface area (Å²) in [7, 11) is -6.99. The fourth-order valence-electron chi connectivity index (χ4n) is 2.25. The number of halogens is 6. The molecule has 1 saturated carbocycles. The lowest BCUT2D eigenvalue weighted by Crippen LogP contribution is -2.67. The zero-order chi connectivity index (χ0) is 18.3. The van der Waals surface area contributed by atoms with Gasteiger partial charge in [-0.2, -0.15) is 34.8 Å². The predicted octanol–water partition coefficient (Wildman–Crippen LogP) is 1.58. The maximum Gasteiger partial charge on any atom is 0.430 e. The summed E-state index contributed by atoms with van der Waals surface area (Å²) in [5.41, 5.74) is 0. The Hall–Kier alpha value is -1.08. The third kappa shape index (κ3) is 3.55. The van der Waals surface area contributed by atoms with Crippen molar-refractivity contribution < 1.29 is 54.0 Å². The normalized spacial score (nSPS) is 24.3. The van der Waals surface area contributed by atoms with Crippen LogP contribution in [0.25, 0.3) is 0 Å². The Kier molecular flexibility index (Phi) is 5.29. The summed E-state index contributed by atoms with van der Waals surface area (Å²) in [4.78, 5) is 11.5. The maximum atomic E-state index is 12.8. The minimum Gasteiger partial charge on any atom is -0.461 e. The van der Waals surface area contributed by atoms with Gasteiger partial charge >= 0.3 is 33.2 Å². The van der Waals surface area contributed by atoms with E-state index in [1.807, 2.05) is 0 Å². The van der Waals surface area contributed by atoms with Crippen LogP contribution in [-0.2, 0) is 19.6 Å². The van der Waals surface area contributed by atoms with E-state index in [9.17, 15) is 44.7 Å². The van der Waals surface area contributed by atoms with Crippen LogP contribution in [0.3, 0.4) is 0 Å². The molecule has 0 bridgehead atoms. The fourth-order valence-corrected chi connectivity index (χ4v) is 3.10. The summed E-state index contributed by atoms with van der Waals surface area (Å²) in [5.74, 6) is -3.20. The van der Waals surface area contributed by atoms with Gasteiger partial charge in [-0.05, 0) is 19.3 Å². The lowest BCUT2D eigenvalue weighted by atomic mass is 9.95. The first kappa shape index (κ1) is 20.0. The van der Waals surface area contributed by atoms with Crippen LogP contribution in [0.15, 0.2) is 0 Å². The third-order valence-corrected chi connectivity index (χ3v) is 4.75. The Morgan fingerprint density at radius 3 is 1.87 bits per heavy atom. The van der Waals surface area contributed by atoms with Gasteiger partial charge in [-0.15, -0.1) is 0 Å². The van der Waals surface area contributed by atoms with Crippen molar-refractivity contribution in [3.8, 4) is 0 Å². The number of aliphatic hydroxyl groups is 1. The van der Waals surface area contributed by atoms with E-state index in [2.05, 4.69) is 4.74 Å². The van der Waals surface area contributed by atoms with E-state index in [1.54, 1.807) is 0 Å². The summed E-state index contributed by atoms with van der Waals surface area (Å²) >= 11 is 0. The number of carbonyl (C=O) groups is 1. The SMILES string of the molecule is O=C(OC1CCCC(O)C1)C(C(F)(F)F)(C(F)(F)F)S(=O)(=O)O. The highest BCUT2D eigenvalue weighted by Crippen LogP contribution is 2.49. The minimum absolute atomic E-state index is 0.149. The van der Waals surface area contributed by atoms with Gasteiger partial charge in [0.05, 0.1) is 6.10 Å². The van der Waals surface area contributed by atoms with Crippen LogP contribution in [-0.4, -0.2) is 53.4 Å². The number of rotatable bonds is 3. The van der Waals surface area contributed by atoms with E-state index in [1.165, 1.54) is 0 Å². The van der Waals surface area contributed by atoms with Crippen molar-refractivity contribution in [2.24, 2.45) is 0 Å². The first-order chi connectivity index (χ1) is 10.1. The highest BCUT2D eigenvalue weighted by Gasteiger charge is 2.85. The van der Waals surface area contributed by atoms with Crippen molar-refractivity contribution >= 4 is 16.1 Å². The average Bonchev–Trinajstić information content (AvgIpc) is 2.22. The van der Waals surface area contributed by atoms with E-state index in [0.29, 0.717) is 0 Å². The van der Waals surface area contributed by atoms with Crippen molar-refractivity contribution in [3.05, 3.63) is 0 Å². The van der Waals surface area contributed by atoms with Crippen molar-refractivity contribution in [3.63, 3.8) is 0 Å². The molecule has 136 valence electrons. The van der Waals surface area contributed by atoms with Crippen LogP contribution in [0.5, 0.6) is 0 Å². The second kappa shape index (κ2) is 6.09. The summed E-state index contributed by atoms with van der Waals surface area (Å²) in [6, 6.07) is 0. The van der Waals surface area contributed by atoms with E-state index >= 15 is 0 Å². The summed E-state index contributed by atoms with van der Waals surface area (Å²) < 4.78 is 105. The molecule has 0 saturated heterocycles. The molecule has 2 atom stereocenters. The molecule has 0 amide bonds. The number of esters is 1. The fraction of sp³-hybridized carbons (Fsp3) is 0.900. The van der Waals surface area contributed by atoms with Gasteiger partial charge in [0, 0.05) is 6.42 Å². The highest BCUT2D eigenvalue weighted by atomic mass is 32.2. The van der Waals surface area contributed by atoms with Crippen LogP contribution in [0.4, 0.5) is 26.3 Å². The van der Waals surface area contributed by atoms with Gasteiger partial charge in [0.1, 0.15) is 6.10 Å². The average molecular weight is 374 g/mol. The molecule has 6 nitrogen and oxygen atoms in total. The maximum absolute atomic E-state index is 12.8. The number of aliphatic hydroxyl groups excluding tert-OH is 1. The van der Waals surface area contributed by atoms with Crippen molar-refractivity contribution in [1.82, 2.24) is 0 Å². The number of alkyl halides is 6. The Bertz CT molecular complexity index is 539. The molecule has 1 fully saturated rings. The van der Waals surface area contributed by atoms with Crippen LogP contribution in [0.2, 0.25) is 0 Å². The molecule has 0 aliphatic heterocycles. The van der Waals surface area contributed by atoms with Crippen LogP contribution < -0.4 is 0 Å². The topological polar surface area (TPSA) is 101 Å². The number of carbonyl (C=O) groups excluding carboxylic acids is 1. The monoisotopic (exact) mass is 374 g/mol. The van der Waals surface area contributed by atoms with E-state index in [4.69, 9.17) is 4.55 Å². The summed E-state index contributed by atoms with van der Waals surface area (Å²) in [6.07, 6.45) is -16.3. The van der Waals surface area contributed by atoms with Gasteiger partial charge in [0.2, 0.25) is 0 Å². The third-order valence-electron chi connectivity index (χ3n) is 3.34. The number of ether oxygens (including phenoxy) is 1. The summed E-state index contributed by atoms with van der Waals surface area (Å²) in [6.45, 7) is 0. The van der Waals surface area contributed by atoms with E-state index in [0.717, 1.165) is 0 Å². The molecular formula is C10H12F6O6S. The van der Waals surface area contributed by atoms with Crippen LogP contribution in [0.1, 0.15) is 25.7 Å². The van der Waals surface area contributed by atoms with Crippen molar-refractivity contribution in [1.29, 1.82) is 0 Å². The van der Waals surface area contributed by atoms with Gasteiger partial charge in [-0.25, -0.2) is 4.79 Å². The second-order valence-corrected chi connectivity index (χ2v) is 6.56. The summed E-state index contributed by atoms with van der Waals surface area (Å²) in [5, 5.41) is 9.27. The largest absolute Gasteiger partial charge is 0.461 e. The molecule has 0 aromatic heterocycles. The van der Waals surface area contributed by atoms with Gasteiger partial charge in [0.25, 0.3) is 0 Å². The zero-order valence-electron chi connectivity index (χ0n) is 11.2. The molecule has 1 rings (SSSR count). The van der Waals surface area contributed by atoms with Gasteiger partial charge < -0.3 is 9.84 Å². The van der Waals surface area contributed by atoms with Crippen LogP contribution >= 0.6 is 0 Å². The van der Waals surface area contributed by atoms with Crippen molar-refractivity contribution in [2.75, 3.05) is 0 Å². The first-order valence-corrected chi connectivity index (χ1v) is 7.58. The highest BCUT2D eigenvalue weighted by molar-refractivity contribution is 7.88. The molecular weight excluding hydrogens is 362 g/mol. The second-order valence-electron chi connectivity index (χ2n) is 5.00. The quantitative estimate of drug-likeness (QED) is 0.442. The Labute approximate surface area is 126 Å². The van der Waals surface area contributed by atoms with Gasteiger partial charge in [-0.3, -0.25) is 4.55 Å². The minimum atomic E-state index is -6.99. The predicted molar refractivity (Wildman–Crippen MR) is 60.7 cm³/mol.